The Balaban J connectivity index is 2.44. The van der Waals surface area contributed by atoms with Crippen molar-refractivity contribution in [3.63, 3.8) is 0 Å². The number of hydrogen-bond acceptors (Lipinski definition) is 3. The average Bonchev–Trinajstić information content (AvgIpc) is 2.29. The third kappa shape index (κ3) is 5.08. The Morgan fingerprint density at radius 3 is 2.71 bits per heavy atom. The zero-order chi connectivity index (χ0) is 12.9. The van der Waals surface area contributed by atoms with Gasteiger partial charge in [-0.15, -0.1) is 0 Å². The zero-order valence-electron chi connectivity index (χ0n) is 10.2. The summed E-state index contributed by atoms with van der Waals surface area (Å²) in [6.07, 6.45) is 0.641. The summed E-state index contributed by atoms with van der Waals surface area (Å²) < 4.78 is 23.6. The van der Waals surface area contributed by atoms with Gasteiger partial charge in [-0.05, 0) is 31.0 Å². The van der Waals surface area contributed by atoms with Crippen LogP contribution >= 0.6 is 15.9 Å². The molecular weight excluding hydrogens is 302 g/mol. The lowest BCUT2D eigenvalue weighted by molar-refractivity contribution is 0.595. The molecule has 1 N–H and O–H groups in total. The van der Waals surface area contributed by atoms with Crippen molar-refractivity contribution in [2.45, 2.75) is 20.3 Å². The summed E-state index contributed by atoms with van der Waals surface area (Å²) in [6.45, 7) is 4.38. The topological polar surface area (TPSA) is 46.2 Å². The van der Waals surface area contributed by atoms with E-state index in [1.165, 1.54) is 0 Å². The molecule has 17 heavy (non-hydrogen) atoms. The van der Waals surface area contributed by atoms with Crippen LogP contribution in [0.3, 0.4) is 0 Å². The summed E-state index contributed by atoms with van der Waals surface area (Å²) in [5.41, 5.74) is 2.21. The number of benzene rings is 1. The van der Waals surface area contributed by atoms with Crippen molar-refractivity contribution in [2.24, 2.45) is 0 Å². The molecule has 0 bridgehead atoms. The van der Waals surface area contributed by atoms with E-state index in [1.54, 1.807) is 6.92 Å². The third-order valence-electron chi connectivity index (χ3n) is 2.59. The molecule has 0 saturated heterocycles. The second-order valence-corrected chi connectivity index (χ2v) is 7.36. The van der Waals surface area contributed by atoms with Crippen LogP contribution in [0.25, 0.3) is 0 Å². The lowest BCUT2D eigenvalue weighted by Gasteiger charge is -2.09. The fourth-order valence-corrected chi connectivity index (χ4v) is 2.68. The third-order valence-corrected chi connectivity index (χ3v) is 4.87. The summed E-state index contributed by atoms with van der Waals surface area (Å²) >= 11 is 3.41. The minimum atomic E-state index is -2.84. The first kappa shape index (κ1) is 14.5. The van der Waals surface area contributed by atoms with E-state index in [-0.39, 0.29) is 11.5 Å². The van der Waals surface area contributed by atoms with Crippen molar-refractivity contribution < 1.29 is 8.42 Å². The largest absolute Gasteiger partial charge is 0.385 e. The summed E-state index contributed by atoms with van der Waals surface area (Å²) in [7, 11) is -2.84. The van der Waals surface area contributed by atoms with Crippen LogP contribution in [0.2, 0.25) is 0 Å². The summed E-state index contributed by atoms with van der Waals surface area (Å²) in [6, 6.07) is 6.01. The van der Waals surface area contributed by atoms with E-state index in [0.717, 1.165) is 15.7 Å². The van der Waals surface area contributed by atoms with Crippen LogP contribution < -0.4 is 5.32 Å². The SMILES string of the molecule is CCS(=O)(=O)CCCNc1cc(Br)ccc1C. The summed E-state index contributed by atoms with van der Waals surface area (Å²) in [5, 5.41) is 3.26. The molecule has 3 nitrogen and oxygen atoms in total. The maximum atomic E-state index is 11.3. The molecule has 0 aliphatic heterocycles. The minimum Gasteiger partial charge on any atom is -0.385 e. The number of aryl methyl sites for hydroxylation is 1. The monoisotopic (exact) mass is 319 g/mol. The van der Waals surface area contributed by atoms with Crippen molar-refractivity contribution in [1.29, 1.82) is 0 Å². The van der Waals surface area contributed by atoms with Crippen molar-refractivity contribution >= 4 is 31.5 Å². The molecule has 0 atom stereocenters. The molecule has 1 rings (SSSR count). The highest BCUT2D eigenvalue weighted by Gasteiger charge is 2.06. The first-order chi connectivity index (χ1) is 7.94. The quantitative estimate of drug-likeness (QED) is 0.820. The Labute approximate surface area is 112 Å². The molecule has 0 aliphatic carbocycles. The van der Waals surface area contributed by atoms with Gasteiger partial charge in [0.15, 0.2) is 0 Å². The van der Waals surface area contributed by atoms with E-state index >= 15 is 0 Å². The fourth-order valence-electron chi connectivity index (χ4n) is 1.44. The molecule has 0 saturated carbocycles. The Hall–Kier alpha value is -0.550. The van der Waals surface area contributed by atoms with E-state index in [0.29, 0.717) is 13.0 Å². The summed E-state index contributed by atoms with van der Waals surface area (Å²) in [4.78, 5) is 0. The Morgan fingerprint density at radius 1 is 1.35 bits per heavy atom. The van der Waals surface area contributed by atoms with Gasteiger partial charge >= 0.3 is 0 Å². The van der Waals surface area contributed by atoms with Crippen LogP contribution in [0.15, 0.2) is 22.7 Å². The van der Waals surface area contributed by atoms with Gasteiger partial charge in [0, 0.05) is 22.5 Å². The second-order valence-electron chi connectivity index (χ2n) is 3.98. The van der Waals surface area contributed by atoms with Crippen LogP contribution in [0.5, 0.6) is 0 Å². The van der Waals surface area contributed by atoms with Gasteiger partial charge in [0.1, 0.15) is 9.84 Å². The van der Waals surface area contributed by atoms with Gasteiger partial charge in [0.25, 0.3) is 0 Å². The number of halogens is 1. The molecule has 0 heterocycles. The number of rotatable bonds is 6. The first-order valence-electron chi connectivity index (χ1n) is 5.65. The van der Waals surface area contributed by atoms with Crippen molar-refractivity contribution in [2.75, 3.05) is 23.4 Å². The molecule has 0 radical (unpaired) electrons. The standard InChI is InChI=1S/C12H18BrNO2S/c1-3-17(15,16)8-4-7-14-12-9-11(13)6-5-10(12)2/h5-6,9,14H,3-4,7-8H2,1-2H3. The normalized spacial score (nSPS) is 11.5. The van der Waals surface area contributed by atoms with Crippen LogP contribution in [0.4, 0.5) is 5.69 Å². The van der Waals surface area contributed by atoms with Gasteiger partial charge in [-0.2, -0.15) is 0 Å². The number of nitrogens with one attached hydrogen (secondary N) is 1. The predicted octanol–water partition coefficient (Wildman–Crippen LogP) is 2.99. The van der Waals surface area contributed by atoms with Gasteiger partial charge in [-0.3, -0.25) is 0 Å². The van der Waals surface area contributed by atoms with E-state index in [9.17, 15) is 8.42 Å². The van der Waals surface area contributed by atoms with Crippen molar-refractivity contribution in [3.8, 4) is 0 Å². The fraction of sp³-hybridized carbons (Fsp3) is 0.500. The Morgan fingerprint density at radius 2 is 2.06 bits per heavy atom. The van der Waals surface area contributed by atoms with Gasteiger partial charge < -0.3 is 5.32 Å². The molecular formula is C12H18BrNO2S. The molecule has 5 heteroatoms. The van der Waals surface area contributed by atoms with Gasteiger partial charge in [0.2, 0.25) is 0 Å². The highest BCUT2D eigenvalue weighted by atomic mass is 79.9. The molecule has 96 valence electrons. The predicted molar refractivity (Wildman–Crippen MR) is 76.3 cm³/mol. The molecule has 1 aromatic rings. The average molecular weight is 320 g/mol. The molecule has 0 aromatic heterocycles. The lowest BCUT2D eigenvalue weighted by atomic mass is 10.2. The van der Waals surface area contributed by atoms with Crippen LogP contribution in [0, 0.1) is 6.92 Å². The van der Waals surface area contributed by atoms with Gasteiger partial charge in [0.05, 0.1) is 5.75 Å². The molecule has 0 aliphatic rings. The molecule has 0 spiro atoms. The van der Waals surface area contributed by atoms with E-state index in [4.69, 9.17) is 0 Å². The Bertz CT molecular complexity index is 471. The van der Waals surface area contributed by atoms with E-state index < -0.39 is 9.84 Å². The van der Waals surface area contributed by atoms with E-state index in [1.807, 2.05) is 25.1 Å². The molecule has 0 fully saturated rings. The number of sulfone groups is 1. The molecule has 0 unspecified atom stereocenters. The maximum Gasteiger partial charge on any atom is 0.150 e. The van der Waals surface area contributed by atoms with Gasteiger partial charge in [-0.25, -0.2) is 8.42 Å². The highest BCUT2D eigenvalue weighted by molar-refractivity contribution is 9.10. The van der Waals surface area contributed by atoms with Crippen molar-refractivity contribution in [1.82, 2.24) is 0 Å². The molecule has 1 aromatic carbocycles. The first-order valence-corrected chi connectivity index (χ1v) is 8.26. The number of anilines is 1. The van der Waals surface area contributed by atoms with Crippen LogP contribution in [0.1, 0.15) is 18.9 Å². The smallest absolute Gasteiger partial charge is 0.150 e. The number of hydrogen-bond donors (Lipinski definition) is 1. The zero-order valence-corrected chi connectivity index (χ0v) is 12.6. The Kier molecular flexibility index (Phi) is 5.46. The maximum absolute atomic E-state index is 11.3. The van der Waals surface area contributed by atoms with Crippen LogP contribution in [-0.2, 0) is 9.84 Å². The minimum absolute atomic E-state index is 0.225. The van der Waals surface area contributed by atoms with Crippen molar-refractivity contribution in [3.05, 3.63) is 28.2 Å². The second kappa shape index (κ2) is 6.40. The highest BCUT2D eigenvalue weighted by Crippen LogP contribution is 2.20. The summed E-state index contributed by atoms with van der Waals surface area (Å²) in [5.74, 6) is 0.479. The van der Waals surface area contributed by atoms with Crippen LogP contribution in [-0.4, -0.2) is 26.5 Å². The molecule has 0 amide bonds. The lowest BCUT2D eigenvalue weighted by Crippen LogP contribution is -2.13. The van der Waals surface area contributed by atoms with E-state index in [2.05, 4.69) is 21.2 Å². The van der Waals surface area contributed by atoms with Gasteiger partial charge in [-0.1, -0.05) is 28.9 Å².